The van der Waals surface area contributed by atoms with E-state index in [1.807, 2.05) is 6.20 Å². The summed E-state index contributed by atoms with van der Waals surface area (Å²) >= 11 is 6.95. The van der Waals surface area contributed by atoms with Gasteiger partial charge in [0.15, 0.2) is 0 Å². The molecular weight excluding hydrogens is 472 g/mol. The van der Waals surface area contributed by atoms with E-state index in [0.29, 0.717) is 0 Å². The number of allylic oxidation sites excluding steroid dienone is 4. The highest BCUT2D eigenvalue weighted by molar-refractivity contribution is 6.32. The van der Waals surface area contributed by atoms with E-state index in [2.05, 4.69) is 72.0 Å². The highest BCUT2D eigenvalue weighted by atomic mass is 35.5. The van der Waals surface area contributed by atoms with Gasteiger partial charge in [0.2, 0.25) is 0 Å². The van der Waals surface area contributed by atoms with Crippen LogP contribution < -0.4 is 5.32 Å². The van der Waals surface area contributed by atoms with Crippen molar-refractivity contribution in [2.75, 3.05) is 13.7 Å². The molecule has 6 heteroatoms. The number of esters is 1. The minimum atomic E-state index is -0.651. The molecule has 2 amide bonds. The van der Waals surface area contributed by atoms with Crippen LogP contribution in [-0.4, -0.2) is 36.1 Å². The van der Waals surface area contributed by atoms with E-state index in [4.69, 9.17) is 16.3 Å². The second-order valence-corrected chi connectivity index (χ2v) is 12.3. The number of hydrogen-bond acceptors (Lipinski definition) is 3. The zero-order valence-electron chi connectivity index (χ0n) is 23.7. The van der Waals surface area contributed by atoms with Crippen LogP contribution in [0.4, 0.5) is 4.79 Å². The molecule has 2 rings (SSSR count). The van der Waals surface area contributed by atoms with Crippen molar-refractivity contribution in [1.29, 1.82) is 0 Å². The number of unbranched alkanes of at least 4 members (excludes halogenated alkanes) is 1. The number of amides is 2. The van der Waals surface area contributed by atoms with Crippen LogP contribution in [0, 0.1) is 10.8 Å². The Morgan fingerprint density at radius 2 is 1.89 bits per heavy atom. The standard InChI is InChI=1S/C30H47ClN2O3/c1-9-11-17-30(23-14-12-13-22(24(31)20-23)15-18-28(3,4)5)25(29(6,7)10-2)21-33(27(35)32-30)19-16-26(34)36-8/h13-14,20-21H,9-12,15-19H2,1-8H3,(H,32,35). The van der Waals surface area contributed by atoms with Crippen molar-refractivity contribution >= 4 is 23.6 Å². The van der Waals surface area contributed by atoms with Crippen LogP contribution in [0.1, 0.15) is 99.8 Å². The van der Waals surface area contributed by atoms with Crippen LogP contribution in [0.5, 0.6) is 0 Å². The molecule has 0 fully saturated rings. The summed E-state index contributed by atoms with van der Waals surface area (Å²) in [6, 6.07) is -0.193. The minimum absolute atomic E-state index is 0.150. The fourth-order valence-electron chi connectivity index (χ4n) is 4.82. The van der Waals surface area contributed by atoms with Crippen molar-refractivity contribution < 1.29 is 14.3 Å². The zero-order valence-corrected chi connectivity index (χ0v) is 24.5. The Balaban J connectivity index is 2.57. The van der Waals surface area contributed by atoms with Crippen LogP contribution in [0.3, 0.4) is 0 Å². The molecule has 0 saturated heterocycles. The van der Waals surface area contributed by atoms with Crippen LogP contribution in [0.15, 0.2) is 46.2 Å². The van der Waals surface area contributed by atoms with E-state index in [1.54, 1.807) is 4.90 Å². The van der Waals surface area contributed by atoms with Crippen molar-refractivity contribution in [1.82, 2.24) is 10.2 Å². The molecule has 0 aromatic heterocycles. The van der Waals surface area contributed by atoms with Gasteiger partial charge < -0.3 is 15.0 Å². The molecule has 36 heavy (non-hydrogen) atoms. The van der Waals surface area contributed by atoms with Gasteiger partial charge in [-0.2, -0.15) is 0 Å². The van der Waals surface area contributed by atoms with Gasteiger partial charge in [0, 0.05) is 17.8 Å². The first kappa shape index (κ1) is 30.2. The summed E-state index contributed by atoms with van der Waals surface area (Å²) in [6.07, 6.45) is 15.1. The molecule has 0 saturated carbocycles. The molecule has 0 radical (unpaired) electrons. The normalized spacial score (nSPS) is 21.1. The Labute approximate surface area is 224 Å². The number of carbonyl (C=O) groups is 2. The van der Waals surface area contributed by atoms with Crippen LogP contribution in [0.25, 0.3) is 0 Å². The van der Waals surface area contributed by atoms with E-state index < -0.39 is 5.54 Å². The lowest BCUT2D eigenvalue weighted by atomic mass is 9.66. The molecule has 202 valence electrons. The van der Waals surface area contributed by atoms with Crippen molar-refractivity contribution in [3.8, 4) is 0 Å². The van der Waals surface area contributed by atoms with Crippen molar-refractivity contribution in [3.05, 3.63) is 46.2 Å². The van der Waals surface area contributed by atoms with E-state index in [0.717, 1.165) is 61.1 Å². The minimum Gasteiger partial charge on any atom is -0.469 e. The monoisotopic (exact) mass is 518 g/mol. The number of ether oxygens (including phenoxy) is 1. The lowest BCUT2D eigenvalue weighted by Gasteiger charge is -2.49. The first-order valence-corrected chi connectivity index (χ1v) is 13.8. The molecule has 2 aliphatic rings. The number of methoxy groups -OCH3 is 1. The lowest BCUT2D eigenvalue weighted by Crippen LogP contribution is -2.60. The van der Waals surface area contributed by atoms with E-state index >= 15 is 0 Å². The molecule has 1 aliphatic carbocycles. The molecule has 1 heterocycles. The molecule has 0 bridgehead atoms. The molecular formula is C30H47ClN2O3. The Kier molecular flexibility index (Phi) is 10.5. The second-order valence-electron chi connectivity index (χ2n) is 11.9. The van der Waals surface area contributed by atoms with Crippen LogP contribution >= 0.6 is 11.6 Å². The highest BCUT2D eigenvalue weighted by Gasteiger charge is 2.47. The van der Waals surface area contributed by atoms with Gasteiger partial charge in [-0.05, 0) is 65.7 Å². The largest absolute Gasteiger partial charge is 0.469 e. The number of hydrogen-bond donors (Lipinski definition) is 1. The molecule has 0 aromatic rings. The first-order valence-electron chi connectivity index (χ1n) is 13.4. The Bertz CT molecular complexity index is 936. The summed E-state index contributed by atoms with van der Waals surface area (Å²) in [5.41, 5.74) is 2.78. The first-order chi connectivity index (χ1) is 16.8. The van der Waals surface area contributed by atoms with Gasteiger partial charge in [-0.15, -0.1) is 0 Å². The summed E-state index contributed by atoms with van der Waals surface area (Å²) in [7, 11) is 1.37. The SMILES string of the molecule is CCCCC1(C2=CCC=C(CCC(C)(C)C)C(Cl)=C2)NC(=O)N(CCC(=O)OC)C=C1C(C)(C)CC. The third-order valence-electron chi connectivity index (χ3n) is 7.56. The van der Waals surface area contributed by atoms with Gasteiger partial charge in [0.1, 0.15) is 0 Å². The fourth-order valence-corrected chi connectivity index (χ4v) is 5.11. The number of carbonyl (C=O) groups excluding carboxylic acids is 2. The van der Waals surface area contributed by atoms with Crippen molar-refractivity contribution in [2.45, 2.75) is 105 Å². The van der Waals surface area contributed by atoms with Gasteiger partial charge in [-0.25, -0.2) is 4.79 Å². The summed E-state index contributed by atoms with van der Waals surface area (Å²) < 4.78 is 4.80. The third kappa shape index (κ3) is 7.50. The molecule has 1 unspecified atom stereocenters. The van der Waals surface area contributed by atoms with E-state index in [1.165, 1.54) is 12.7 Å². The zero-order chi connectivity index (χ0) is 27.1. The smallest absolute Gasteiger partial charge is 0.322 e. The van der Waals surface area contributed by atoms with E-state index in [9.17, 15) is 9.59 Å². The Morgan fingerprint density at radius 1 is 1.19 bits per heavy atom. The van der Waals surface area contributed by atoms with Crippen LogP contribution in [0.2, 0.25) is 0 Å². The fraction of sp³-hybridized carbons (Fsp3) is 0.667. The van der Waals surface area contributed by atoms with Gasteiger partial charge >= 0.3 is 12.0 Å². The quantitative estimate of drug-likeness (QED) is 0.281. The number of urea groups is 1. The number of rotatable bonds is 11. The molecule has 1 N–H and O–H groups in total. The number of nitrogens with one attached hydrogen (secondary N) is 1. The summed E-state index contributed by atoms with van der Waals surface area (Å²) in [5.74, 6) is -0.328. The van der Waals surface area contributed by atoms with Crippen LogP contribution in [-0.2, 0) is 9.53 Å². The van der Waals surface area contributed by atoms with Gasteiger partial charge in [0.25, 0.3) is 0 Å². The Morgan fingerprint density at radius 3 is 2.47 bits per heavy atom. The number of nitrogens with zero attached hydrogens (tertiary/aromatic N) is 1. The molecule has 1 atom stereocenters. The Hall–Kier alpha value is -2.01. The highest BCUT2D eigenvalue weighted by Crippen LogP contribution is 2.47. The number of halogens is 1. The average molecular weight is 519 g/mol. The summed E-state index contributed by atoms with van der Waals surface area (Å²) in [4.78, 5) is 26.9. The maximum absolute atomic E-state index is 13.4. The maximum Gasteiger partial charge on any atom is 0.322 e. The molecule has 5 nitrogen and oxygen atoms in total. The van der Waals surface area contributed by atoms with Crippen molar-refractivity contribution in [3.63, 3.8) is 0 Å². The van der Waals surface area contributed by atoms with Crippen molar-refractivity contribution in [2.24, 2.45) is 10.8 Å². The van der Waals surface area contributed by atoms with E-state index in [-0.39, 0.29) is 35.8 Å². The molecule has 0 spiro atoms. The van der Waals surface area contributed by atoms with Gasteiger partial charge in [-0.1, -0.05) is 85.1 Å². The summed E-state index contributed by atoms with van der Waals surface area (Å²) in [5, 5.41) is 4.17. The second kappa shape index (κ2) is 12.5. The predicted octanol–water partition coefficient (Wildman–Crippen LogP) is 8.03. The topological polar surface area (TPSA) is 58.6 Å². The molecule has 0 aromatic carbocycles. The summed E-state index contributed by atoms with van der Waals surface area (Å²) in [6.45, 7) is 15.8. The lowest BCUT2D eigenvalue weighted by molar-refractivity contribution is -0.140. The third-order valence-corrected chi connectivity index (χ3v) is 7.91. The van der Waals surface area contributed by atoms with Gasteiger partial charge in [-0.3, -0.25) is 4.79 Å². The predicted molar refractivity (Wildman–Crippen MR) is 150 cm³/mol. The average Bonchev–Trinajstić information content (AvgIpc) is 3.01. The molecule has 1 aliphatic heterocycles. The van der Waals surface area contributed by atoms with Gasteiger partial charge in [0.05, 0.1) is 19.1 Å². The maximum atomic E-state index is 13.4.